The van der Waals surface area contributed by atoms with Crippen molar-refractivity contribution in [3.05, 3.63) is 119 Å². The molecule has 0 aromatic heterocycles. The van der Waals surface area contributed by atoms with Crippen molar-refractivity contribution >= 4 is 39.0 Å². The number of hydrogen-bond acceptors (Lipinski definition) is 5. The fourth-order valence-electron chi connectivity index (χ4n) is 4.47. The summed E-state index contributed by atoms with van der Waals surface area (Å²) in [6.45, 7) is 7.22. The minimum absolute atomic E-state index is 0.0998. The molecule has 1 aliphatic heterocycles. The summed E-state index contributed by atoms with van der Waals surface area (Å²) in [5.74, 6) is -0.835. The second kappa shape index (κ2) is 13.7. The van der Waals surface area contributed by atoms with Crippen molar-refractivity contribution in [2.45, 2.75) is 48.9 Å². The van der Waals surface area contributed by atoms with Gasteiger partial charge in [-0.05, 0) is 72.9 Å². The van der Waals surface area contributed by atoms with Crippen LogP contribution in [0.2, 0.25) is 0 Å². The smallest absolute Gasteiger partial charge is 0.303 e. The van der Waals surface area contributed by atoms with Gasteiger partial charge in [-0.1, -0.05) is 73.3 Å². The third-order valence-electron chi connectivity index (χ3n) is 6.53. The number of aliphatic carboxylic acids is 1. The van der Waals surface area contributed by atoms with E-state index in [-0.39, 0.29) is 17.9 Å². The van der Waals surface area contributed by atoms with Gasteiger partial charge in [-0.3, -0.25) is 4.79 Å². The molecule has 0 unspecified atom stereocenters. The maximum Gasteiger partial charge on any atom is 0.303 e. The molecule has 2 N–H and O–H groups in total. The van der Waals surface area contributed by atoms with Crippen molar-refractivity contribution in [3.63, 3.8) is 0 Å². The normalized spacial score (nSPS) is 13.8. The number of carboxylic acid groups (broad SMARTS) is 1. The van der Waals surface area contributed by atoms with Gasteiger partial charge >= 0.3 is 5.97 Å². The Bertz CT molecular complexity index is 1530. The zero-order chi connectivity index (χ0) is 28.5. The van der Waals surface area contributed by atoms with E-state index in [1.807, 2.05) is 31.2 Å². The molecule has 0 saturated heterocycles. The summed E-state index contributed by atoms with van der Waals surface area (Å²) in [5.41, 5.74) is 5.43. The molecular formula is C32H34N2O4S2. The summed E-state index contributed by atoms with van der Waals surface area (Å²) >= 11 is 1.51. The van der Waals surface area contributed by atoms with Gasteiger partial charge in [-0.2, -0.15) is 0 Å². The van der Waals surface area contributed by atoms with E-state index >= 15 is 0 Å². The van der Waals surface area contributed by atoms with Crippen LogP contribution in [-0.4, -0.2) is 26.0 Å². The van der Waals surface area contributed by atoms with Gasteiger partial charge in [0.15, 0.2) is 0 Å². The van der Waals surface area contributed by atoms with Crippen molar-refractivity contribution in [2.24, 2.45) is 0 Å². The first kappa shape index (κ1) is 29.4. The molecule has 3 aromatic rings. The van der Waals surface area contributed by atoms with E-state index in [0.29, 0.717) is 19.3 Å². The lowest BCUT2D eigenvalue weighted by Crippen LogP contribution is -2.24. The number of benzene rings is 3. The number of aryl methyl sites for hydroxylation is 1. The van der Waals surface area contributed by atoms with Crippen LogP contribution in [0.25, 0.3) is 5.57 Å². The molecule has 4 rings (SSSR count). The predicted octanol–water partition coefficient (Wildman–Crippen LogP) is 7.14. The van der Waals surface area contributed by atoms with E-state index in [1.54, 1.807) is 12.1 Å². The SMILES string of the molecule is C=C(/C=C1\C=CN(Cc2ccccc2)c2ccccc21)Sc1ccc(S(=O)(=O)NCCCCCC(=O)O)cc1C. The Morgan fingerprint density at radius 1 is 1.02 bits per heavy atom. The summed E-state index contributed by atoms with van der Waals surface area (Å²) in [4.78, 5) is 14.8. The minimum Gasteiger partial charge on any atom is -0.481 e. The summed E-state index contributed by atoms with van der Waals surface area (Å²) < 4.78 is 28.1. The molecule has 40 heavy (non-hydrogen) atoms. The standard InChI is InChI=1S/C32H34N2O4S2/c1-24-21-28(40(37,38)33-19-10-4-7-15-32(35)36)16-17-31(24)39-25(2)22-27-18-20-34(23-26-11-5-3-6-12-26)30-14-9-8-13-29(27)30/h3,5-6,8-9,11-14,16-18,20-22,33H,2,4,7,10,15,19,23H2,1H3,(H,35,36)/b27-22+. The van der Waals surface area contributed by atoms with Crippen molar-refractivity contribution in [2.75, 3.05) is 11.4 Å². The number of para-hydroxylation sites is 1. The van der Waals surface area contributed by atoms with Gasteiger partial charge in [0.2, 0.25) is 10.0 Å². The number of sulfonamides is 1. The molecular weight excluding hydrogens is 540 g/mol. The molecule has 0 aliphatic carbocycles. The van der Waals surface area contributed by atoms with Crippen LogP contribution >= 0.6 is 11.8 Å². The minimum atomic E-state index is -3.64. The van der Waals surface area contributed by atoms with E-state index in [9.17, 15) is 13.2 Å². The average molecular weight is 575 g/mol. The fourth-order valence-corrected chi connectivity index (χ4v) is 6.45. The lowest BCUT2D eigenvalue weighted by Gasteiger charge is -2.28. The van der Waals surface area contributed by atoms with Gasteiger partial charge in [0.05, 0.1) is 4.90 Å². The Morgan fingerprint density at radius 2 is 1.77 bits per heavy atom. The molecule has 0 fully saturated rings. The number of anilines is 1. The van der Waals surface area contributed by atoms with Crippen LogP contribution in [0.1, 0.15) is 42.4 Å². The quantitative estimate of drug-likeness (QED) is 0.167. The van der Waals surface area contributed by atoms with Crippen LogP contribution in [0.15, 0.2) is 112 Å². The number of rotatable bonds is 13. The maximum absolute atomic E-state index is 12.7. The highest BCUT2D eigenvalue weighted by molar-refractivity contribution is 8.03. The van der Waals surface area contributed by atoms with Gasteiger partial charge in [-0.15, -0.1) is 0 Å². The topological polar surface area (TPSA) is 86.7 Å². The number of nitrogens with zero attached hydrogens (tertiary/aromatic N) is 1. The van der Waals surface area contributed by atoms with Gasteiger partial charge in [-0.25, -0.2) is 13.1 Å². The van der Waals surface area contributed by atoms with Crippen molar-refractivity contribution in [1.29, 1.82) is 0 Å². The Balaban J connectivity index is 1.40. The molecule has 0 radical (unpaired) electrons. The van der Waals surface area contributed by atoms with Gasteiger partial charge < -0.3 is 10.0 Å². The molecule has 0 amide bonds. The van der Waals surface area contributed by atoms with Crippen LogP contribution in [0.4, 0.5) is 5.69 Å². The van der Waals surface area contributed by atoms with Gasteiger partial charge in [0.25, 0.3) is 0 Å². The first-order valence-corrected chi connectivity index (χ1v) is 15.5. The van der Waals surface area contributed by atoms with Gasteiger partial charge in [0, 0.05) is 46.8 Å². The molecule has 0 spiro atoms. The highest BCUT2D eigenvalue weighted by Gasteiger charge is 2.18. The van der Waals surface area contributed by atoms with E-state index < -0.39 is 16.0 Å². The van der Waals surface area contributed by atoms with Crippen LogP contribution in [-0.2, 0) is 21.4 Å². The first-order valence-electron chi connectivity index (χ1n) is 13.2. The number of carboxylic acids is 1. The predicted molar refractivity (Wildman–Crippen MR) is 164 cm³/mol. The number of thioether (sulfide) groups is 1. The highest BCUT2D eigenvalue weighted by Crippen LogP contribution is 2.37. The summed E-state index contributed by atoms with van der Waals surface area (Å²) in [6.07, 6.45) is 8.16. The number of allylic oxidation sites excluding steroid dienone is 3. The number of nitrogens with one attached hydrogen (secondary N) is 1. The Morgan fingerprint density at radius 3 is 2.52 bits per heavy atom. The molecule has 8 heteroatoms. The number of fused-ring (bicyclic) bond motifs is 1. The van der Waals surface area contributed by atoms with Crippen molar-refractivity contribution in [3.8, 4) is 0 Å². The van der Waals surface area contributed by atoms with Crippen molar-refractivity contribution < 1.29 is 18.3 Å². The van der Waals surface area contributed by atoms with E-state index in [2.05, 4.69) is 71.0 Å². The molecule has 0 atom stereocenters. The largest absolute Gasteiger partial charge is 0.481 e. The monoisotopic (exact) mass is 574 g/mol. The highest BCUT2D eigenvalue weighted by atomic mass is 32.2. The zero-order valence-electron chi connectivity index (χ0n) is 22.5. The third kappa shape index (κ3) is 7.97. The fraction of sp³-hybridized carbons (Fsp3) is 0.219. The second-order valence-electron chi connectivity index (χ2n) is 9.64. The molecule has 0 bridgehead atoms. The average Bonchev–Trinajstić information content (AvgIpc) is 2.93. The second-order valence-corrected chi connectivity index (χ2v) is 12.6. The van der Waals surface area contributed by atoms with E-state index in [1.165, 1.54) is 17.3 Å². The Kier molecular flexibility index (Phi) is 10.0. The molecule has 6 nitrogen and oxygen atoms in total. The third-order valence-corrected chi connectivity index (χ3v) is 9.04. The van der Waals surface area contributed by atoms with Gasteiger partial charge in [0.1, 0.15) is 0 Å². The van der Waals surface area contributed by atoms with Crippen molar-refractivity contribution in [1.82, 2.24) is 4.72 Å². The van der Waals surface area contributed by atoms with Crippen LogP contribution in [0.3, 0.4) is 0 Å². The molecule has 1 heterocycles. The lowest BCUT2D eigenvalue weighted by atomic mass is 9.99. The molecule has 208 valence electrons. The van der Waals surface area contributed by atoms with E-state index in [0.717, 1.165) is 38.7 Å². The van der Waals surface area contributed by atoms with Crippen LogP contribution in [0, 0.1) is 6.92 Å². The number of carbonyl (C=O) groups is 1. The molecule has 0 saturated carbocycles. The summed E-state index contributed by atoms with van der Waals surface area (Å²) in [6, 6.07) is 23.8. The lowest BCUT2D eigenvalue weighted by molar-refractivity contribution is -0.137. The van der Waals surface area contributed by atoms with Crippen LogP contribution < -0.4 is 9.62 Å². The molecule has 3 aromatic carbocycles. The Labute approximate surface area is 241 Å². The summed E-state index contributed by atoms with van der Waals surface area (Å²) in [7, 11) is -3.64. The number of hydrogen-bond donors (Lipinski definition) is 2. The summed E-state index contributed by atoms with van der Waals surface area (Å²) in [5, 5.41) is 8.70. The van der Waals surface area contributed by atoms with Crippen LogP contribution in [0.5, 0.6) is 0 Å². The number of unbranched alkanes of at least 4 members (excludes halogenated alkanes) is 2. The van der Waals surface area contributed by atoms with E-state index in [4.69, 9.17) is 5.11 Å². The zero-order valence-corrected chi connectivity index (χ0v) is 24.2. The first-order chi connectivity index (χ1) is 19.2. The maximum atomic E-state index is 12.7. The Hall–Kier alpha value is -3.59. The molecule has 1 aliphatic rings.